The number of halogens is 2. The second-order valence-corrected chi connectivity index (χ2v) is 7.87. The predicted molar refractivity (Wildman–Crippen MR) is 104 cm³/mol. The SMILES string of the molecule is N#CC1=C(N)C(C#N)(C#N)[C@H](c2cccc(Br)c2)[C@H]1c1cccc(Br)c1. The van der Waals surface area contributed by atoms with Gasteiger partial charge in [-0.15, -0.1) is 0 Å². The molecule has 26 heavy (non-hydrogen) atoms. The Hall–Kier alpha value is -2.59. The number of rotatable bonds is 2. The average molecular weight is 468 g/mol. The van der Waals surface area contributed by atoms with E-state index < -0.39 is 17.3 Å². The van der Waals surface area contributed by atoms with E-state index >= 15 is 0 Å². The molecular formula is C20H12Br2N4. The molecule has 0 radical (unpaired) electrons. The van der Waals surface area contributed by atoms with Gasteiger partial charge in [-0.25, -0.2) is 0 Å². The second-order valence-electron chi connectivity index (χ2n) is 6.04. The number of nitrogens with two attached hydrogens (primary N) is 1. The van der Waals surface area contributed by atoms with Crippen molar-refractivity contribution in [3.05, 3.63) is 79.9 Å². The summed E-state index contributed by atoms with van der Waals surface area (Å²) in [5.74, 6) is -1.06. The molecule has 0 aromatic heterocycles. The fourth-order valence-corrected chi connectivity index (χ4v) is 4.41. The zero-order chi connectivity index (χ0) is 18.9. The number of allylic oxidation sites excluding steroid dienone is 2. The normalized spacial score (nSPS) is 20.9. The first-order valence-corrected chi connectivity index (χ1v) is 9.30. The average Bonchev–Trinajstić information content (AvgIpc) is 2.90. The smallest absolute Gasteiger partial charge is 0.191 e. The quantitative estimate of drug-likeness (QED) is 0.681. The highest BCUT2D eigenvalue weighted by Crippen LogP contribution is 2.58. The first-order valence-electron chi connectivity index (χ1n) is 7.72. The van der Waals surface area contributed by atoms with E-state index in [-0.39, 0.29) is 11.3 Å². The minimum atomic E-state index is -1.60. The molecule has 6 heteroatoms. The Morgan fingerprint density at radius 2 is 1.42 bits per heavy atom. The molecule has 0 saturated carbocycles. The topological polar surface area (TPSA) is 97.4 Å². The molecule has 0 bridgehead atoms. The van der Waals surface area contributed by atoms with Gasteiger partial charge in [0.15, 0.2) is 5.41 Å². The van der Waals surface area contributed by atoms with Gasteiger partial charge < -0.3 is 5.73 Å². The van der Waals surface area contributed by atoms with Gasteiger partial charge in [0.05, 0.1) is 29.5 Å². The maximum absolute atomic E-state index is 9.90. The van der Waals surface area contributed by atoms with Crippen LogP contribution in [0.4, 0.5) is 0 Å². The van der Waals surface area contributed by atoms with Crippen LogP contribution in [0.2, 0.25) is 0 Å². The summed E-state index contributed by atoms with van der Waals surface area (Å²) in [6.07, 6.45) is 0. The minimum absolute atomic E-state index is 0.0416. The van der Waals surface area contributed by atoms with Crippen molar-refractivity contribution in [3.8, 4) is 18.2 Å². The van der Waals surface area contributed by atoms with Gasteiger partial charge in [-0.1, -0.05) is 56.1 Å². The van der Waals surface area contributed by atoms with Gasteiger partial charge in [0.2, 0.25) is 0 Å². The zero-order valence-corrected chi connectivity index (χ0v) is 16.6. The molecule has 1 aliphatic carbocycles. The third kappa shape index (κ3) is 2.71. The van der Waals surface area contributed by atoms with Gasteiger partial charge in [0.1, 0.15) is 0 Å². The lowest BCUT2D eigenvalue weighted by molar-refractivity contribution is 0.475. The van der Waals surface area contributed by atoms with Crippen molar-refractivity contribution in [2.75, 3.05) is 0 Å². The van der Waals surface area contributed by atoms with Crippen LogP contribution in [0, 0.1) is 39.4 Å². The molecule has 2 aromatic carbocycles. The van der Waals surface area contributed by atoms with E-state index in [1.165, 1.54) is 0 Å². The molecule has 0 unspecified atom stereocenters. The molecule has 2 aromatic rings. The van der Waals surface area contributed by atoms with Crippen molar-refractivity contribution in [3.63, 3.8) is 0 Å². The largest absolute Gasteiger partial charge is 0.399 e. The molecule has 0 saturated heterocycles. The van der Waals surface area contributed by atoms with Gasteiger partial charge in [-0.2, -0.15) is 15.8 Å². The first-order chi connectivity index (χ1) is 12.5. The summed E-state index contributed by atoms with van der Waals surface area (Å²) in [5, 5.41) is 29.6. The summed E-state index contributed by atoms with van der Waals surface area (Å²) in [6, 6.07) is 21.3. The first kappa shape index (κ1) is 18.2. The summed E-state index contributed by atoms with van der Waals surface area (Å²) >= 11 is 6.89. The van der Waals surface area contributed by atoms with Crippen molar-refractivity contribution >= 4 is 31.9 Å². The zero-order valence-electron chi connectivity index (χ0n) is 13.4. The number of hydrogen-bond donors (Lipinski definition) is 1. The van der Waals surface area contributed by atoms with Gasteiger partial charge in [0.25, 0.3) is 0 Å². The van der Waals surface area contributed by atoms with Gasteiger partial charge in [-0.3, -0.25) is 0 Å². The minimum Gasteiger partial charge on any atom is -0.399 e. The van der Waals surface area contributed by atoms with Crippen LogP contribution in [0.3, 0.4) is 0 Å². The summed E-state index contributed by atoms with van der Waals surface area (Å²) < 4.78 is 1.68. The van der Waals surface area contributed by atoms with Crippen molar-refractivity contribution in [1.29, 1.82) is 15.8 Å². The van der Waals surface area contributed by atoms with E-state index in [1.54, 1.807) is 0 Å². The predicted octanol–water partition coefficient (Wildman–Crippen LogP) is 4.86. The molecule has 126 valence electrons. The molecule has 2 N–H and O–H groups in total. The number of hydrogen-bond acceptors (Lipinski definition) is 4. The molecule has 4 nitrogen and oxygen atoms in total. The monoisotopic (exact) mass is 466 g/mol. The van der Waals surface area contributed by atoms with E-state index in [9.17, 15) is 15.8 Å². The Balaban J connectivity index is 2.34. The number of nitriles is 3. The lowest BCUT2D eigenvalue weighted by Gasteiger charge is -2.28. The Morgan fingerprint density at radius 3 is 1.92 bits per heavy atom. The molecule has 0 aliphatic heterocycles. The Morgan fingerprint density at radius 1 is 0.885 bits per heavy atom. The van der Waals surface area contributed by atoms with Crippen LogP contribution in [-0.2, 0) is 0 Å². The highest BCUT2D eigenvalue weighted by atomic mass is 79.9. The highest BCUT2D eigenvalue weighted by Gasteiger charge is 2.56. The van der Waals surface area contributed by atoms with Crippen LogP contribution in [0.5, 0.6) is 0 Å². The summed E-state index contributed by atoms with van der Waals surface area (Å²) in [5.41, 5.74) is 6.54. The number of benzene rings is 2. The summed E-state index contributed by atoms with van der Waals surface area (Å²) in [4.78, 5) is 0. The van der Waals surface area contributed by atoms with Crippen LogP contribution in [0.25, 0.3) is 0 Å². The standard InChI is InChI=1S/C20H12Br2N4/c21-14-5-1-3-12(7-14)17-16(9-23)19(26)20(10-24,11-25)18(17)13-4-2-6-15(22)8-13/h1-8,17-18H,26H2/t17-,18+/m0/s1. The van der Waals surface area contributed by atoms with Gasteiger partial charge in [-0.05, 0) is 35.4 Å². The van der Waals surface area contributed by atoms with Crippen molar-refractivity contribution in [2.24, 2.45) is 11.1 Å². The summed E-state index contributed by atoms with van der Waals surface area (Å²) in [6.45, 7) is 0. The van der Waals surface area contributed by atoms with E-state index in [2.05, 4.69) is 50.1 Å². The molecule has 0 fully saturated rings. The molecule has 0 amide bonds. The molecule has 3 rings (SSSR count). The van der Waals surface area contributed by atoms with Crippen LogP contribution in [0.15, 0.2) is 68.7 Å². The van der Waals surface area contributed by atoms with Gasteiger partial charge >= 0.3 is 0 Å². The lowest BCUT2D eigenvalue weighted by Crippen LogP contribution is -2.29. The van der Waals surface area contributed by atoms with Crippen LogP contribution >= 0.6 is 31.9 Å². The van der Waals surface area contributed by atoms with Gasteiger partial charge in [0, 0.05) is 20.8 Å². The van der Waals surface area contributed by atoms with E-state index in [1.807, 2.05) is 48.5 Å². The van der Waals surface area contributed by atoms with E-state index in [4.69, 9.17) is 5.73 Å². The second kappa shape index (κ2) is 6.96. The molecule has 0 heterocycles. The third-order valence-electron chi connectivity index (χ3n) is 4.71. The van der Waals surface area contributed by atoms with E-state index in [0.717, 1.165) is 20.1 Å². The van der Waals surface area contributed by atoms with Crippen LogP contribution < -0.4 is 5.73 Å². The Labute approximate surface area is 168 Å². The van der Waals surface area contributed by atoms with Crippen molar-refractivity contribution in [2.45, 2.75) is 11.8 Å². The fraction of sp³-hybridized carbons (Fsp3) is 0.150. The fourth-order valence-electron chi connectivity index (χ4n) is 3.58. The Bertz CT molecular complexity index is 1020. The molecule has 2 atom stereocenters. The number of nitrogens with zero attached hydrogens (tertiary/aromatic N) is 3. The summed E-state index contributed by atoms with van der Waals surface area (Å²) in [7, 11) is 0. The maximum Gasteiger partial charge on any atom is 0.191 e. The molecule has 0 spiro atoms. The van der Waals surface area contributed by atoms with Crippen molar-refractivity contribution in [1.82, 2.24) is 0 Å². The Kier molecular flexibility index (Phi) is 4.88. The van der Waals surface area contributed by atoms with Crippen molar-refractivity contribution < 1.29 is 0 Å². The molecule has 1 aliphatic rings. The molecular weight excluding hydrogens is 456 g/mol. The maximum atomic E-state index is 9.90. The van der Waals surface area contributed by atoms with E-state index in [0.29, 0.717) is 0 Å². The highest BCUT2D eigenvalue weighted by molar-refractivity contribution is 9.10. The van der Waals surface area contributed by atoms with Crippen LogP contribution in [0.1, 0.15) is 23.0 Å². The van der Waals surface area contributed by atoms with Crippen LogP contribution in [-0.4, -0.2) is 0 Å². The lowest BCUT2D eigenvalue weighted by atomic mass is 9.70. The third-order valence-corrected chi connectivity index (χ3v) is 5.70.